The van der Waals surface area contributed by atoms with Gasteiger partial charge in [-0.05, 0) is 51.3 Å². The van der Waals surface area contributed by atoms with Crippen LogP contribution in [0.4, 0.5) is 4.39 Å². The van der Waals surface area contributed by atoms with E-state index < -0.39 is 0 Å². The summed E-state index contributed by atoms with van der Waals surface area (Å²) in [6, 6.07) is 25.6. The van der Waals surface area contributed by atoms with Crippen molar-refractivity contribution in [3.63, 3.8) is 0 Å². The Kier molecular flexibility index (Phi) is 6.25. The highest BCUT2D eigenvalue weighted by Gasteiger charge is 2.01. The van der Waals surface area contributed by atoms with E-state index in [1.54, 1.807) is 0 Å². The van der Waals surface area contributed by atoms with Gasteiger partial charge < -0.3 is 0 Å². The summed E-state index contributed by atoms with van der Waals surface area (Å²) in [7, 11) is 0. The monoisotopic (exact) mass is 378 g/mol. The fraction of sp³-hybridized carbons (Fsp3) is 0. The first kappa shape index (κ1) is 17.4. The lowest BCUT2D eigenvalue weighted by atomic mass is 10.0. The molecule has 4 heteroatoms. The molecule has 0 heterocycles. The van der Waals surface area contributed by atoms with Crippen LogP contribution in [0.15, 0.2) is 77.3 Å². The molecule has 116 valence electrons. The van der Waals surface area contributed by atoms with Crippen molar-refractivity contribution in [2.24, 2.45) is 0 Å². The molecule has 0 aliphatic carbocycles. The highest BCUT2D eigenvalue weighted by Crippen LogP contribution is 2.22. The minimum absolute atomic E-state index is 0.319. The van der Waals surface area contributed by atoms with E-state index in [0.29, 0.717) is 10.0 Å². The summed E-state index contributed by atoms with van der Waals surface area (Å²) in [5, 5.41) is 17.3. The zero-order valence-corrected chi connectivity index (χ0v) is 14.2. The molecule has 24 heavy (non-hydrogen) atoms. The van der Waals surface area contributed by atoms with Crippen LogP contribution in [0, 0.1) is 28.5 Å². The second-order valence-electron chi connectivity index (χ2n) is 4.76. The fourth-order valence-electron chi connectivity index (χ4n) is 2.03. The van der Waals surface area contributed by atoms with Crippen molar-refractivity contribution in [1.29, 1.82) is 10.5 Å². The highest BCUT2D eigenvalue weighted by molar-refractivity contribution is 9.10. The van der Waals surface area contributed by atoms with Crippen molar-refractivity contribution in [1.82, 2.24) is 0 Å². The van der Waals surface area contributed by atoms with Crippen molar-refractivity contribution in [3.05, 3.63) is 94.2 Å². The summed E-state index contributed by atoms with van der Waals surface area (Å²) in [4.78, 5) is 0. The van der Waals surface area contributed by atoms with E-state index in [2.05, 4.69) is 22.0 Å². The summed E-state index contributed by atoms with van der Waals surface area (Å²) >= 11 is 3.10. The minimum atomic E-state index is -0.389. The van der Waals surface area contributed by atoms with E-state index in [-0.39, 0.29) is 5.82 Å². The van der Waals surface area contributed by atoms with Crippen LogP contribution >= 0.6 is 15.9 Å². The van der Waals surface area contributed by atoms with Gasteiger partial charge >= 0.3 is 0 Å². The molecule has 0 radical (unpaired) electrons. The van der Waals surface area contributed by atoms with Crippen molar-refractivity contribution < 1.29 is 4.39 Å². The van der Waals surface area contributed by atoms with Gasteiger partial charge in [-0.1, -0.05) is 48.5 Å². The second-order valence-corrected chi connectivity index (χ2v) is 5.61. The predicted octanol–water partition coefficient (Wildman–Crippen LogP) is 5.69. The van der Waals surface area contributed by atoms with Crippen LogP contribution in [-0.4, -0.2) is 0 Å². The average Bonchev–Trinajstić information content (AvgIpc) is 2.65. The van der Waals surface area contributed by atoms with Crippen LogP contribution < -0.4 is 0 Å². The molecule has 0 saturated carbocycles. The Hall–Kier alpha value is -2.95. The fourth-order valence-corrected chi connectivity index (χ4v) is 2.37. The highest BCUT2D eigenvalue weighted by atomic mass is 79.9. The van der Waals surface area contributed by atoms with Crippen molar-refractivity contribution in [2.45, 2.75) is 0 Å². The Morgan fingerprint density at radius 1 is 0.750 bits per heavy atom. The molecular formula is C20H12BrFN2. The van der Waals surface area contributed by atoms with Crippen LogP contribution in [0.3, 0.4) is 0 Å². The molecule has 3 rings (SSSR count). The summed E-state index contributed by atoms with van der Waals surface area (Å²) in [6.07, 6.45) is 0. The van der Waals surface area contributed by atoms with E-state index in [0.717, 1.165) is 16.7 Å². The van der Waals surface area contributed by atoms with Gasteiger partial charge in [0.1, 0.15) is 11.9 Å². The number of nitriles is 2. The Labute approximate surface area is 148 Å². The number of hydrogen-bond donors (Lipinski definition) is 0. The molecule has 3 aromatic carbocycles. The zero-order valence-electron chi connectivity index (χ0n) is 12.6. The number of nitrogens with zero attached hydrogens (tertiary/aromatic N) is 2. The largest absolute Gasteiger partial charge is 0.207 e. The third-order valence-corrected chi connectivity index (χ3v) is 3.87. The topological polar surface area (TPSA) is 47.6 Å². The van der Waals surface area contributed by atoms with Crippen molar-refractivity contribution in [3.8, 4) is 23.3 Å². The first-order chi connectivity index (χ1) is 11.7. The first-order valence-corrected chi connectivity index (χ1v) is 7.84. The van der Waals surface area contributed by atoms with E-state index >= 15 is 0 Å². The number of benzene rings is 3. The number of halogens is 2. The maximum Gasteiger partial charge on any atom is 0.124 e. The summed E-state index contributed by atoms with van der Waals surface area (Å²) < 4.78 is 13.0. The molecule has 0 atom stereocenters. The van der Waals surface area contributed by atoms with Gasteiger partial charge in [-0.25, -0.2) is 4.39 Å². The van der Waals surface area contributed by atoms with Crippen molar-refractivity contribution >= 4 is 15.9 Å². The molecular weight excluding hydrogens is 367 g/mol. The second kappa shape index (κ2) is 8.62. The van der Waals surface area contributed by atoms with E-state index in [1.165, 1.54) is 18.2 Å². The molecule has 0 saturated heterocycles. The van der Waals surface area contributed by atoms with Gasteiger partial charge in [-0.3, -0.25) is 0 Å². The molecule has 3 aromatic rings. The lowest BCUT2D eigenvalue weighted by molar-refractivity contribution is 0.627. The van der Waals surface area contributed by atoms with Crippen LogP contribution in [0.2, 0.25) is 0 Å². The predicted molar refractivity (Wildman–Crippen MR) is 95.4 cm³/mol. The maximum atomic E-state index is 12.4. The number of rotatable bonds is 1. The van der Waals surface area contributed by atoms with Gasteiger partial charge in [0, 0.05) is 4.47 Å². The minimum Gasteiger partial charge on any atom is -0.207 e. The molecule has 0 aliphatic heterocycles. The van der Waals surface area contributed by atoms with Crippen LogP contribution in [0.25, 0.3) is 11.1 Å². The Balaban J connectivity index is 0.000000185. The summed E-state index contributed by atoms with van der Waals surface area (Å²) in [5.41, 5.74) is 3.12. The Morgan fingerprint density at radius 2 is 1.38 bits per heavy atom. The normalized spacial score (nSPS) is 9.17. The molecule has 0 unspecified atom stereocenters. The van der Waals surface area contributed by atoms with Gasteiger partial charge in [0.05, 0.1) is 17.2 Å². The smallest absolute Gasteiger partial charge is 0.124 e. The van der Waals surface area contributed by atoms with Crippen LogP contribution in [0.1, 0.15) is 11.1 Å². The average molecular weight is 379 g/mol. The molecule has 2 nitrogen and oxygen atoms in total. The van der Waals surface area contributed by atoms with E-state index in [9.17, 15) is 4.39 Å². The van der Waals surface area contributed by atoms with Crippen LogP contribution in [0.5, 0.6) is 0 Å². The van der Waals surface area contributed by atoms with Gasteiger partial charge in [-0.2, -0.15) is 10.5 Å². The third kappa shape index (κ3) is 4.52. The van der Waals surface area contributed by atoms with E-state index in [1.807, 2.05) is 60.7 Å². The molecule has 0 amide bonds. The standard InChI is InChI=1S/C13H9N.C7H3BrFN/c14-10-12-8-4-5-9-13(12)11-6-2-1-3-7-11;8-7-2-1-6(9)3-5(7)4-10/h1-9H;1-3H. The molecule has 0 bridgehead atoms. The summed E-state index contributed by atoms with van der Waals surface area (Å²) in [5.74, 6) is -0.389. The third-order valence-electron chi connectivity index (χ3n) is 3.18. The molecule has 0 aliphatic rings. The molecule has 0 aromatic heterocycles. The zero-order chi connectivity index (χ0) is 17.4. The lowest BCUT2D eigenvalue weighted by Crippen LogP contribution is -1.82. The number of hydrogen-bond acceptors (Lipinski definition) is 2. The summed E-state index contributed by atoms with van der Waals surface area (Å²) in [6.45, 7) is 0. The van der Waals surface area contributed by atoms with Gasteiger partial charge in [0.2, 0.25) is 0 Å². The quantitative estimate of drug-likeness (QED) is 0.546. The van der Waals surface area contributed by atoms with E-state index in [4.69, 9.17) is 10.5 Å². The molecule has 0 fully saturated rings. The Morgan fingerprint density at radius 3 is 2.00 bits per heavy atom. The first-order valence-electron chi connectivity index (χ1n) is 7.05. The van der Waals surface area contributed by atoms with Crippen LogP contribution in [-0.2, 0) is 0 Å². The molecule has 0 spiro atoms. The maximum absolute atomic E-state index is 12.4. The Bertz CT molecular complexity index is 909. The lowest BCUT2D eigenvalue weighted by Gasteiger charge is -2.02. The van der Waals surface area contributed by atoms with Gasteiger partial charge in [0.25, 0.3) is 0 Å². The SMILES string of the molecule is N#Cc1cc(F)ccc1Br.N#Cc1ccccc1-c1ccccc1. The molecule has 0 N–H and O–H groups in total. The van der Waals surface area contributed by atoms with Gasteiger partial charge in [0.15, 0.2) is 0 Å². The van der Waals surface area contributed by atoms with Gasteiger partial charge in [-0.15, -0.1) is 0 Å². The van der Waals surface area contributed by atoms with Crippen molar-refractivity contribution in [2.75, 3.05) is 0 Å².